The van der Waals surface area contributed by atoms with Gasteiger partial charge in [-0.25, -0.2) is 4.39 Å². The van der Waals surface area contributed by atoms with E-state index in [-0.39, 0.29) is 11.4 Å². The van der Waals surface area contributed by atoms with Crippen molar-refractivity contribution in [2.24, 2.45) is 0 Å². The van der Waals surface area contributed by atoms with Crippen LogP contribution in [0.5, 0.6) is 11.5 Å². The van der Waals surface area contributed by atoms with Gasteiger partial charge in [-0.15, -0.1) is 0 Å². The lowest BCUT2D eigenvalue weighted by Gasteiger charge is -2.03. The Bertz CT molecular complexity index is 510. The highest BCUT2D eigenvalue weighted by atomic mass is 19.1. The Hall–Kier alpha value is -2.24. The number of aromatic nitrogens is 2. The summed E-state index contributed by atoms with van der Waals surface area (Å²) in [6.45, 7) is 0. The fraction of sp³-hybridized carbons (Fsp3) is 0. The predicted molar refractivity (Wildman–Crippen MR) is 51.7 cm³/mol. The summed E-state index contributed by atoms with van der Waals surface area (Å²) in [5.74, 6) is -2.00. The number of hydrogen-bond donors (Lipinski definition) is 4. The molecule has 0 saturated carbocycles. The van der Waals surface area contributed by atoms with Gasteiger partial charge in [-0.05, 0) is 12.1 Å². The van der Waals surface area contributed by atoms with Gasteiger partial charge in [0.25, 0.3) is 0 Å². The van der Waals surface area contributed by atoms with Crippen molar-refractivity contribution in [3.63, 3.8) is 0 Å². The van der Waals surface area contributed by atoms with Crippen molar-refractivity contribution in [3.8, 4) is 22.8 Å². The molecule has 0 amide bonds. The molecule has 0 saturated heterocycles. The molecule has 0 fully saturated rings. The Kier molecular flexibility index (Phi) is 1.96. The van der Waals surface area contributed by atoms with Crippen LogP contribution in [0.2, 0.25) is 0 Å². The number of phenolic OH excluding ortho intramolecular Hbond substituents is 2. The number of nitrogen functional groups attached to an aromatic ring is 1. The van der Waals surface area contributed by atoms with Gasteiger partial charge in [0.05, 0.1) is 5.69 Å². The number of benzene rings is 1. The van der Waals surface area contributed by atoms with Crippen molar-refractivity contribution < 1.29 is 14.6 Å². The summed E-state index contributed by atoms with van der Waals surface area (Å²) in [5.41, 5.74) is 5.78. The van der Waals surface area contributed by atoms with Crippen LogP contribution in [-0.2, 0) is 0 Å². The molecule has 0 aliphatic heterocycles. The van der Waals surface area contributed by atoms with Crippen molar-refractivity contribution in [2.45, 2.75) is 0 Å². The standard InChI is InChI=1S/C9H8FN3O2/c10-8-4(1-2-6(14)9(8)15)5-3-7(11)13-12-5/h1-3,14-15H,(H3,11,12,13). The van der Waals surface area contributed by atoms with Gasteiger partial charge in [0.1, 0.15) is 5.82 Å². The maximum Gasteiger partial charge on any atom is 0.194 e. The van der Waals surface area contributed by atoms with Crippen LogP contribution in [0, 0.1) is 5.82 Å². The molecule has 0 unspecified atom stereocenters. The molecule has 2 rings (SSSR count). The van der Waals surface area contributed by atoms with Crippen LogP contribution in [0.3, 0.4) is 0 Å². The molecule has 0 aliphatic rings. The Morgan fingerprint density at radius 3 is 2.67 bits per heavy atom. The Morgan fingerprint density at radius 2 is 2.07 bits per heavy atom. The minimum absolute atomic E-state index is 0.0921. The van der Waals surface area contributed by atoms with Gasteiger partial charge in [0.2, 0.25) is 0 Å². The van der Waals surface area contributed by atoms with E-state index in [1.807, 2.05) is 0 Å². The molecule has 0 spiro atoms. The van der Waals surface area contributed by atoms with Gasteiger partial charge in [0, 0.05) is 11.6 Å². The minimum atomic E-state index is -0.918. The van der Waals surface area contributed by atoms with Crippen molar-refractivity contribution in [3.05, 3.63) is 24.0 Å². The van der Waals surface area contributed by atoms with Gasteiger partial charge in [0.15, 0.2) is 17.3 Å². The Balaban J connectivity index is 2.59. The second kappa shape index (κ2) is 3.16. The largest absolute Gasteiger partial charge is 0.504 e. The normalized spacial score (nSPS) is 10.5. The monoisotopic (exact) mass is 209 g/mol. The number of aromatic hydroxyl groups is 2. The topological polar surface area (TPSA) is 95.2 Å². The molecule has 0 aliphatic carbocycles. The summed E-state index contributed by atoms with van der Waals surface area (Å²) >= 11 is 0. The van der Waals surface area contributed by atoms with Gasteiger partial charge in [-0.2, -0.15) is 5.10 Å². The predicted octanol–water partition coefficient (Wildman–Crippen LogP) is 1.21. The van der Waals surface area contributed by atoms with Crippen LogP contribution in [0.15, 0.2) is 18.2 Å². The number of aromatic amines is 1. The lowest BCUT2D eigenvalue weighted by Crippen LogP contribution is -1.85. The van der Waals surface area contributed by atoms with Crippen LogP contribution in [0.1, 0.15) is 0 Å². The van der Waals surface area contributed by atoms with E-state index in [0.29, 0.717) is 5.69 Å². The van der Waals surface area contributed by atoms with Crippen LogP contribution < -0.4 is 5.73 Å². The number of nitrogens with one attached hydrogen (secondary N) is 1. The zero-order valence-corrected chi connectivity index (χ0v) is 7.53. The smallest absolute Gasteiger partial charge is 0.194 e. The van der Waals surface area contributed by atoms with Crippen LogP contribution >= 0.6 is 0 Å². The quantitative estimate of drug-likeness (QED) is 0.531. The number of halogens is 1. The van der Waals surface area contributed by atoms with Gasteiger partial charge < -0.3 is 15.9 Å². The number of nitrogens with zero attached hydrogens (tertiary/aromatic N) is 1. The van der Waals surface area contributed by atoms with Gasteiger partial charge >= 0.3 is 0 Å². The average molecular weight is 209 g/mol. The fourth-order valence-corrected chi connectivity index (χ4v) is 1.24. The first-order chi connectivity index (χ1) is 7.09. The molecule has 6 heteroatoms. The first-order valence-electron chi connectivity index (χ1n) is 4.11. The molecule has 1 aromatic carbocycles. The highest BCUT2D eigenvalue weighted by molar-refractivity contribution is 5.66. The van der Waals surface area contributed by atoms with Crippen LogP contribution in [0.25, 0.3) is 11.3 Å². The molecule has 1 aromatic heterocycles. The van der Waals surface area contributed by atoms with Crippen molar-refractivity contribution in [1.82, 2.24) is 10.2 Å². The molecular weight excluding hydrogens is 201 g/mol. The van der Waals surface area contributed by atoms with E-state index < -0.39 is 17.3 Å². The molecule has 78 valence electrons. The molecular formula is C9H8FN3O2. The third-order valence-corrected chi connectivity index (χ3v) is 1.98. The van der Waals surface area contributed by atoms with Crippen molar-refractivity contribution in [2.75, 3.05) is 5.73 Å². The first kappa shape index (κ1) is 9.32. The summed E-state index contributed by atoms with van der Waals surface area (Å²) in [7, 11) is 0. The average Bonchev–Trinajstić information content (AvgIpc) is 2.61. The van der Waals surface area contributed by atoms with Crippen molar-refractivity contribution in [1.29, 1.82) is 0 Å². The van der Waals surface area contributed by atoms with E-state index in [0.717, 1.165) is 0 Å². The summed E-state index contributed by atoms with van der Waals surface area (Å²) in [6.07, 6.45) is 0. The Labute approximate surface area is 84.0 Å². The maximum absolute atomic E-state index is 13.5. The van der Waals surface area contributed by atoms with E-state index in [1.54, 1.807) is 0 Å². The van der Waals surface area contributed by atoms with Crippen LogP contribution in [-0.4, -0.2) is 20.4 Å². The fourth-order valence-electron chi connectivity index (χ4n) is 1.24. The summed E-state index contributed by atoms with van der Waals surface area (Å²) in [6, 6.07) is 3.93. The van der Waals surface area contributed by atoms with E-state index >= 15 is 0 Å². The highest BCUT2D eigenvalue weighted by Crippen LogP contribution is 2.34. The zero-order chi connectivity index (χ0) is 11.0. The number of H-pyrrole nitrogens is 1. The van der Waals surface area contributed by atoms with E-state index in [9.17, 15) is 4.39 Å². The number of rotatable bonds is 1. The highest BCUT2D eigenvalue weighted by Gasteiger charge is 2.14. The molecule has 2 aromatic rings. The molecule has 0 radical (unpaired) electrons. The first-order valence-corrected chi connectivity index (χ1v) is 4.11. The van der Waals surface area contributed by atoms with E-state index in [4.69, 9.17) is 15.9 Å². The lowest BCUT2D eigenvalue weighted by molar-refractivity contribution is 0.380. The SMILES string of the molecule is Nc1cc(-c2ccc(O)c(O)c2F)[nH]n1. The second-order valence-corrected chi connectivity index (χ2v) is 3.00. The lowest BCUT2D eigenvalue weighted by atomic mass is 10.1. The van der Waals surface area contributed by atoms with Crippen molar-refractivity contribution >= 4 is 5.82 Å². The molecule has 15 heavy (non-hydrogen) atoms. The molecule has 5 N–H and O–H groups in total. The maximum atomic E-state index is 13.5. The third-order valence-electron chi connectivity index (χ3n) is 1.98. The molecule has 0 atom stereocenters. The van der Waals surface area contributed by atoms with Crippen LogP contribution in [0.4, 0.5) is 10.2 Å². The summed E-state index contributed by atoms with van der Waals surface area (Å²) in [4.78, 5) is 0. The molecule has 0 bridgehead atoms. The summed E-state index contributed by atoms with van der Waals surface area (Å²) < 4.78 is 13.5. The Morgan fingerprint density at radius 1 is 1.33 bits per heavy atom. The zero-order valence-electron chi connectivity index (χ0n) is 7.53. The number of phenols is 2. The van der Waals surface area contributed by atoms with Gasteiger partial charge in [-0.1, -0.05) is 0 Å². The number of nitrogens with two attached hydrogens (primary N) is 1. The van der Waals surface area contributed by atoms with E-state index in [2.05, 4.69) is 10.2 Å². The number of hydrogen-bond acceptors (Lipinski definition) is 4. The second-order valence-electron chi connectivity index (χ2n) is 3.00. The summed E-state index contributed by atoms with van der Waals surface area (Å²) in [5, 5.41) is 24.3. The molecule has 1 heterocycles. The molecule has 5 nitrogen and oxygen atoms in total. The minimum Gasteiger partial charge on any atom is -0.504 e. The van der Waals surface area contributed by atoms with Gasteiger partial charge in [-0.3, -0.25) is 5.10 Å². The number of anilines is 1. The van der Waals surface area contributed by atoms with E-state index in [1.165, 1.54) is 18.2 Å². The third kappa shape index (κ3) is 1.45.